The van der Waals surface area contributed by atoms with Crippen LogP contribution in [0.2, 0.25) is 0 Å². The minimum Gasteiger partial charge on any atom is -0.404 e. The molecule has 1 aliphatic heterocycles. The Balaban J connectivity index is 2.12. The number of nitrogens with two attached hydrogens (primary N) is 2. The van der Waals surface area contributed by atoms with E-state index in [9.17, 15) is 13.2 Å². The maximum atomic E-state index is 12.8. The molecule has 0 radical (unpaired) electrons. The first-order valence-electron chi connectivity index (χ1n) is 7.75. The van der Waals surface area contributed by atoms with Crippen molar-refractivity contribution in [3.8, 4) is 5.75 Å². The fourth-order valence-electron chi connectivity index (χ4n) is 3.35. The van der Waals surface area contributed by atoms with Gasteiger partial charge in [-0.25, -0.2) is 4.99 Å². The molecule has 2 aliphatic rings. The van der Waals surface area contributed by atoms with E-state index in [1.165, 1.54) is 23.1 Å². The first kappa shape index (κ1) is 17.8. The van der Waals surface area contributed by atoms with Gasteiger partial charge >= 0.3 is 6.36 Å². The summed E-state index contributed by atoms with van der Waals surface area (Å²) in [5, 5.41) is 0. The third-order valence-corrected chi connectivity index (χ3v) is 4.73. The molecule has 0 unspecified atom stereocenters. The predicted molar refractivity (Wildman–Crippen MR) is 92.4 cm³/mol. The summed E-state index contributed by atoms with van der Waals surface area (Å²) in [5.74, 6) is -0.335. The Bertz CT molecular complexity index is 728. The highest BCUT2D eigenvalue weighted by atomic mass is 79.9. The van der Waals surface area contributed by atoms with Crippen molar-refractivity contribution in [3.63, 3.8) is 0 Å². The summed E-state index contributed by atoms with van der Waals surface area (Å²) in [6, 6.07) is 4.21. The van der Waals surface area contributed by atoms with Gasteiger partial charge in [-0.05, 0) is 43.9 Å². The van der Waals surface area contributed by atoms with Gasteiger partial charge in [0.05, 0.1) is 5.69 Å². The van der Waals surface area contributed by atoms with E-state index in [4.69, 9.17) is 11.5 Å². The van der Waals surface area contributed by atoms with Crippen LogP contribution in [0.4, 0.5) is 18.9 Å². The molecule has 1 heterocycles. The number of benzene rings is 1. The van der Waals surface area contributed by atoms with Crippen LogP contribution >= 0.6 is 15.9 Å². The number of halogens is 4. The van der Waals surface area contributed by atoms with E-state index >= 15 is 0 Å². The third kappa shape index (κ3) is 3.68. The van der Waals surface area contributed by atoms with Crippen LogP contribution in [0.25, 0.3) is 0 Å². The van der Waals surface area contributed by atoms with E-state index in [2.05, 4.69) is 30.7 Å². The fraction of sp³-hybridized carbons (Fsp3) is 0.467. The Morgan fingerprint density at radius 3 is 2.48 bits per heavy atom. The summed E-state index contributed by atoms with van der Waals surface area (Å²) in [6.45, 7) is 0. The molecule has 0 saturated heterocycles. The first-order valence-corrected chi connectivity index (χ1v) is 8.54. The Hall–Kier alpha value is -1.97. The number of alkyl halides is 3. The van der Waals surface area contributed by atoms with Crippen molar-refractivity contribution in [1.82, 2.24) is 0 Å². The molecule has 0 bridgehead atoms. The molecular formula is C15H17BrF3N5O. The second-order valence-corrected chi connectivity index (χ2v) is 6.89. The highest BCUT2D eigenvalue weighted by molar-refractivity contribution is 9.10. The molecule has 6 nitrogen and oxygen atoms in total. The largest absolute Gasteiger partial charge is 0.573 e. The van der Waals surface area contributed by atoms with Gasteiger partial charge in [0.1, 0.15) is 5.66 Å². The number of aliphatic imine (C=N–C) groups is 2. The molecule has 0 atom stereocenters. The summed E-state index contributed by atoms with van der Waals surface area (Å²) in [6.07, 6.45) is -0.851. The van der Waals surface area contributed by atoms with E-state index in [0.29, 0.717) is 17.3 Å². The molecule has 1 saturated carbocycles. The number of ether oxygens (including phenoxy) is 1. The minimum atomic E-state index is -4.83. The maximum absolute atomic E-state index is 12.8. The van der Waals surface area contributed by atoms with Crippen molar-refractivity contribution in [2.24, 2.45) is 21.5 Å². The molecule has 4 N–H and O–H groups in total. The lowest BCUT2D eigenvalue weighted by Crippen LogP contribution is -2.58. The van der Waals surface area contributed by atoms with Gasteiger partial charge in [-0.2, -0.15) is 4.99 Å². The van der Waals surface area contributed by atoms with Crippen molar-refractivity contribution in [2.75, 3.05) is 4.90 Å². The maximum Gasteiger partial charge on any atom is 0.573 e. The quantitative estimate of drug-likeness (QED) is 0.767. The zero-order valence-electron chi connectivity index (χ0n) is 13.2. The number of anilines is 1. The second-order valence-electron chi connectivity index (χ2n) is 5.98. The van der Waals surface area contributed by atoms with Gasteiger partial charge in [-0.1, -0.05) is 22.4 Å². The Morgan fingerprint density at radius 2 is 1.84 bits per heavy atom. The van der Waals surface area contributed by atoms with Crippen molar-refractivity contribution in [1.29, 1.82) is 0 Å². The van der Waals surface area contributed by atoms with Crippen LogP contribution in [0.15, 0.2) is 32.7 Å². The third-order valence-electron chi connectivity index (χ3n) is 4.24. The van der Waals surface area contributed by atoms with Gasteiger partial charge < -0.3 is 16.2 Å². The molecule has 1 spiro atoms. The SMILES string of the molecule is NC1=NC2(CCCCC2)N(c2cc(Br)ccc2OC(F)(F)F)C(N)=N1. The molecular weight excluding hydrogens is 403 g/mol. The summed E-state index contributed by atoms with van der Waals surface area (Å²) in [7, 11) is 0. The van der Waals surface area contributed by atoms with Gasteiger partial charge in [0.15, 0.2) is 5.75 Å². The molecule has 0 amide bonds. The number of rotatable bonds is 2. The molecule has 0 aromatic heterocycles. The molecule has 1 fully saturated rings. The average molecular weight is 420 g/mol. The molecule has 1 aromatic rings. The lowest BCUT2D eigenvalue weighted by molar-refractivity contribution is -0.274. The van der Waals surface area contributed by atoms with Crippen LogP contribution in [0.5, 0.6) is 5.75 Å². The van der Waals surface area contributed by atoms with Crippen LogP contribution in [-0.4, -0.2) is 23.9 Å². The Labute approximate surface area is 150 Å². The summed E-state index contributed by atoms with van der Waals surface area (Å²) < 4.78 is 43.2. The summed E-state index contributed by atoms with van der Waals surface area (Å²) >= 11 is 3.28. The topological polar surface area (TPSA) is 89.2 Å². The monoisotopic (exact) mass is 419 g/mol. The van der Waals surface area contributed by atoms with Crippen molar-refractivity contribution < 1.29 is 17.9 Å². The van der Waals surface area contributed by atoms with Crippen LogP contribution in [-0.2, 0) is 0 Å². The highest BCUT2D eigenvalue weighted by Gasteiger charge is 2.44. The van der Waals surface area contributed by atoms with E-state index in [1.54, 1.807) is 0 Å². The molecule has 1 aromatic carbocycles. The van der Waals surface area contributed by atoms with E-state index in [-0.39, 0.29) is 23.4 Å². The van der Waals surface area contributed by atoms with Crippen molar-refractivity contribution in [3.05, 3.63) is 22.7 Å². The zero-order chi connectivity index (χ0) is 18.2. The van der Waals surface area contributed by atoms with Gasteiger partial charge in [-0.3, -0.25) is 4.90 Å². The minimum absolute atomic E-state index is 0.000440. The van der Waals surface area contributed by atoms with Gasteiger partial charge in [0.2, 0.25) is 11.9 Å². The average Bonchev–Trinajstić information content (AvgIpc) is 2.48. The fourth-order valence-corrected chi connectivity index (χ4v) is 3.70. The number of hydrogen-bond acceptors (Lipinski definition) is 6. The van der Waals surface area contributed by atoms with Gasteiger partial charge in [-0.15, -0.1) is 13.2 Å². The second kappa shape index (κ2) is 6.40. The zero-order valence-corrected chi connectivity index (χ0v) is 14.8. The van der Waals surface area contributed by atoms with E-state index in [0.717, 1.165) is 19.3 Å². The summed E-state index contributed by atoms with van der Waals surface area (Å²) in [5.41, 5.74) is 11.1. The highest BCUT2D eigenvalue weighted by Crippen LogP contribution is 2.44. The van der Waals surface area contributed by atoms with Crippen molar-refractivity contribution in [2.45, 2.75) is 44.1 Å². The number of hydrogen-bond donors (Lipinski definition) is 2. The smallest absolute Gasteiger partial charge is 0.404 e. The van der Waals surface area contributed by atoms with Crippen LogP contribution in [0.3, 0.4) is 0 Å². The van der Waals surface area contributed by atoms with Gasteiger partial charge in [0.25, 0.3) is 0 Å². The van der Waals surface area contributed by atoms with Crippen molar-refractivity contribution >= 4 is 33.5 Å². The normalized spacial score (nSPS) is 20.2. The van der Waals surface area contributed by atoms with Gasteiger partial charge in [0, 0.05) is 4.47 Å². The van der Waals surface area contributed by atoms with Crippen LogP contribution in [0, 0.1) is 0 Å². The first-order chi connectivity index (χ1) is 11.7. The van der Waals surface area contributed by atoms with E-state index < -0.39 is 12.0 Å². The molecule has 10 heteroatoms. The lowest BCUT2D eigenvalue weighted by Gasteiger charge is -2.45. The number of guanidine groups is 2. The predicted octanol–water partition coefficient (Wildman–Crippen LogP) is 3.46. The molecule has 25 heavy (non-hydrogen) atoms. The van der Waals surface area contributed by atoms with Crippen LogP contribution in [0.1, 0.15) is 32.1 Å². The van der Waals surface area contributed by atoms with E-state index in [1.807, 2.05) is 0 Å². The number of nitrogens with zero attached hydrogens (tertiary/aromatic N) is 3. The lowest BCUT2D eigenvalue weighted by atomic mass is 9.87. The molecule has 1 aliphatic carbocycles. The standard InChI is InChI=1S/C15H17BrF3N5O/c16-9-4-5-11(25-15(17,18)19)10(8-9)24-13(21)22-12(20)23-14(24)6-2-1-3-7-14/h4-5,8H,1-3,6-7H2,(H4,20,21,22,23). The molecule has 3 rings (SSSR count). The van der Waals surface area contributed by atoms with Crippen LogP contribution < -0.4 is 21.1 Å². The summed E-state index contributed by atoms with van der Waals surface area (Å²) in [4.78, 5) is 9.91. The Morgan fingerprint density at radius 1 is 1.16 bits per heavy atom. The Kier molecular flexibility index (Phi) is 4.56. The molecule has 136 valence electrons.